The van der Waals surface area contributed by atoms with Crippen LogP contribution in [0.25, 0.3) is 0 Å². The van der Waals surface area contributed by atoms with E-state index >= 15 is 0 Å². The molecule has 0 radical (unpaired) electrons. The molecule has 1 saturated carbocycles. The van der Waals surface area contributed by atoms with Crippen LogP contribution in [0, 0.1) is 5.41 Å². The molecule has 1 aromatic carbocycles. The van der Waals surface area contributed by atoms with Gasteiger partial charge in [0.25, 0.3) is 0 Å². The predicted molar refractivity (Wildman–Crippen MR) is 64.5 cm³/mol. The Morgan fingerprint density at radius 1 is 1.25 bits per heavy atom. The predicted octanol–water partition coefficient (Wildman–Crippen LogP) is 3.01. The van der Waals surface area contributed by atoms with Crippen LogP contribution in [0.2, 0.25) is 0 Å². The minimum atomic E-state index is -0.326. The smallest absolute Gasteiger partial charge is 0.125 e. The molecule has 1 N–H and O–H groups in total. The molecule has 1 aliphatic carbocycles. The summed E-state index contributed by atoms with van der Waals surface area (Å²) in [6.45, 7) is 4.47. The van der Waals surface area contributed by atoms with Crippen LogP contribution >= 0.6 is 0 Å². The van der Waals surface area contributed by atoms with E-state index in [4.69, 9.17) is 4.74 Å². The number of benzene rings is 1. The highest BCUT2D eigenvalue weighted by Gasteiger charge is 2.35. The summed E-state index contributed by atoms with van der Waals surface area (Å²) < 4.78 is 5.85. The van der Waals surface area contributed by atoms with Crippen molar-refractivity contribution in [3.63, 3.8) is 0 Å². The normalized spacial score (nSPS) is 28.7. The zero-order chi connectivity index (χ0) is 11.6. The minimum Gasteiger partial charge on any atom is -0.488 e. The van der Waals surface area contributed by atoms with E-state index in [2.05, 4.69) is 13.8 Å². The molecule has 0 heterocycles. The summed E-state index contributed by atoms with van der Waals surface area (Å²) in [6, 6.07) is 9.75. The maximum absolute atomic E-state index is 9.94. The Bertz CT molecular complexity index is 332. The highest BCUT2D eigenvalue weighted by Crippen LogP contribution is 2.37. The molecule has 2 atom stereocenters. The molecule has 0 saturated heterocycles. The third kappa shape index (κ3) is 2.76. The lowest BCUT2D eigenvalue weighted by atomic mass is 9.75. The van der Waals surface area contributed by atoms with Crippen molar-refractivity contribution < 1.29 is 9.84 Å². The van der Waals surface area contributed by atoms with Crippen LogP contribution in [0.3, 0.4) is 0 Å². The average molecular weight is 220 g/mol. The van der Waals surface area contributed by atoms with Gasteiger partial charge >= 0.3 is 0 Å². The number of para-hydroxylation sites is 1. The molecule has 1 fully saturated rings. The van der Waals surface area contributed by atoms with Crippen LogP contribution in [0.4, 0.5) is 0 Å². The average Bonchev–Trinajstić information content (AvgIpc) is 2.25. The second kappa shape index (κ2) is 4.46. The summed E-state index contributed by atoms with van der Waals surface area (Å²) in [5, 5.41) is 9.94. The summed E-state index contributed by atoms with van der Waals surface area (Å²) >= 11 is 0. The summed E-state index contributed by atoms with van der Waals surface area (Å²) in [6.07, 6.45) is 2.44. The minimum absolute atomic E-state index is 0.0638. The molecule has 0 aliphatic heterocycles. The Morgan fingerprint density at radius 2 is 1.94 bits per heavy atom. The topological polar surface area (TPSA) is 29.5 Å². The van der Waals surface area contributed by atoms with Crippen molar-refractivity contribution in [3.8, 4) is 5.75 Å². The molecule has 2 unspecified atom stereocenters. The second-order valence-electron chi connectivity index (χ2n) is 5.44. The molecule has 2 rings (SSSR count). The molecule has 1 aliphatic rings. The highest BCUT2D eigenvalue weighted by atomic mass is 16.5. The van der Waals surface area contributed by atoms with Gasteiger partial charge in [-0.1, -0.05) is 32.0 Å². The van der Waals surface area contributed by atoms with E-state index in [0.717, 1.165) is 25.0 Å². The Balaban J connectivity index is 2.03. The fraction of sp³-hybridized carbons (Fsp3) is 0.571. The van der Waals surface area contributed by atoms with Gasteiger partial charge < -0.3 is 9.84 Å². The van der Waals surface area contributed by atoms with E-state index in [0.29, 0.717) is 0 Å². The maximum atomic E-state index is 9.94. The van der Waals surface area contributed by atoms with Crippen molar-refractivity contribution in [1.29, 1.82) is 0 Å². The van der Waals surface area contributed by atoms with Crippen LogP contribution in [0.1, 0.15) is 33.1 Å². The van der Waals surface area contributed by atoms with E-state index in [-0.39, 0.29) is 17.6 Å². The lowest BCUT2D eigenvalue weighted by Gasteiger charge is -2.38. The van der Waals surface area contributed by atoms with Crippen molar-refractivity contribution in [1.82, 2.24) is 0 Å². The van der Waals surface area contributed by atoms with Crippen molar-refractivity contribution >= 4 is 0 Å². The molecule has 0 spiro atoms. The lowest BCUT2D eigenvalue weighted by molar-refractivity contribution is -0.0304. The van der Waals surface area contributed by atoms with Crippen molar-refractivity contribution in [2.75, 3.05) is 0 Å². The van der Waals surface area contributed by atoms with Gasteiger partial charge in [-0.3, -0.25) is 0 Å². The van der Waals surface area contributed by atoms with Gasteiger partial charge in [-0.2, -0.15) is 0 Å². The van der Waals surface area contributed by atoms with Crippen molar-refractivity contribution in [3.05, 3.63) is 30.3 Å². The summed E-state index contributed by atoms with van der Waals surface area (Å²) in [4.78, 5) is 0. The number of rotatable bonds is 2. The zero-order valence-electron chi connectivity index (χ0n) is 10.0. The van der Waals surface area contributed by atoms with Crippen LogP contribution in [0.5, 0.6) is 5.75 Å². The molecule has 0 bridgehead atoms. The SMILES string of the molecule is CC1(C)CCC(O)C(Oc2ccccc2)C1. The highest BCUT2D eigenvalue weighted by molar-refractivity contribution is 5.21. The van der Waals surface area contributed by atoms with Gasteiger partial charge in [0.15, 0.2) is 0 Å². The van der Waals surface area contributed by atoms with E-state index in [1.807, 2.05) is 30.3 Å². The first-order valence-corrected chi connectivity index (χ1v) is 5.97. The number of hydrogen-bond acceptors (Lipinski definition) is 2. The van der Waals surface area contributed by atoms with Gasteiger partial charge in [0.2, 0.25) is 0 Å². The third-order valence-corrected chi connectivity index (χ3v) is 3.33. The van der Waals surface area contributed by atoms with Gasteiger partial charge in [0.1, 0.15) is 11.9 Å². The van der Waals surface area contributed by atoms with Gasteiger partial charge in [-0.05, 0) is 36.8 Å². The molecule has 2 heteroatoms. The molecule has 88 valence electrons. The summed E-state index contributed by atoms with van der Waals surface area (Å²) in [5.74, 6) is 0.851. The van der Waals surface area contributed by atoms with E-state index in [1.54, 1.807) is 0 Å². The number of aliphatic hydroxyl groups excluding tert-OH is 1. The Morgan fingerprint density at radius 3 is 2.62 bits per heavy atom. The van der Waals surface area contributed by atoms with Crippen molar-refractivity contribution in [2.45, 2.75) is 45.3 Å². The lowest BCUT2D eigenvalue weighted by Crippen LogP contribution is -2.41. The van der Waals surface area contributed by atoms with E-state index in [9.17, 15) is 5.11 Å². The van der Waals surface area contributed by atoms with Gasteiger partial charge in [0, 0.05) is 0 Å². The van der Waals surface area contributed by atoms with Gasteiger partial charge in [0.05, 0.1) is 6.10 Å². The summed E-state index contributed by atoms with van der Waals surface area (Å²) in [7, 11) is 0. The molecule has 0 amide bonds. The Kier molecular flexibility index (Phi) is 3.20. The Hall–Kier alpha value is -1.02. The largest absolute Gasteiger partial charge is 0.488 e. The maximum Gasteiger partial charge on any atom is 0.125 e. The molecule has 0 aromatic heterocycles. The first-order chi connectivity index (χ1) is 7.57. The van der Waals surface area contributed by atoms with Crippen molar-refractivity contribution in [2.24, 2.45) is 5.41 Å². The van der Waals surface area contributed by atoms with Gasteiger partial charge in [-0.15, -0.1) is 0 Å². The molecule has 1 aromatic rings. The quantitative estimate of drug-likeness (QED) is 0.830. The fourth-order valence-corrected chi connectivity index (χ4v) is 2.30. The first-order valence-electron chi connectivity index (χ1n) is 5.97. The molecule has 2 nitrogen and oxygen atoms in total. The van der Waals surface area contributed by atoms with E-state index in [1.165, 1.54) is 0 Å². The molecular formula is C14H20O2. The second-order valence-corrected chi connectivity index (χ2v) is 5.44. The molecular weight excluding hydrogens is 200 g/mol. The number of hydrogen-bond donors (Lipinski definition) is 1. The standard InChI is InChI=1S/C14H20O2/c1-14(2)9-8-12(15)13(10-14)16-11-6-4-3-5-7-11/h3-7,12-13,15H,8-10H2,1-2H3. The zero-order valence-corrected chi connectivity index (χ0v) is 10.0. The number of aliphatic hydroxyl groups is 1. The van der Waals surface area contributed by atoms with Crippen LogP contribution in [-0.4, -0.2) is 17.3 Å². The fourth-order valence-electron chi connectivity index (χ4n) is 2.30. The first kappa shape index (κ1) is 11.5. The number of ether oxygens (including phenoxy) is 1. The monoisotopic (exact) mass is 220 g/mol. The van der Waals surface area contributed by atoms with Gasteiger partial charge in [-0.25, -0.2) is 0 Å². The van der Waals surface area contributed by atoms with Crippen LogP contribution in [-0.2, 0) is 0 Å². The van der Waals surface area contributed by atoms with Crippen LogP contribution < -0.4 is 4.74 Å². The Labute approximate surface area is 97.3 Å². The van der Waals surface area contributed by atoms with E-state index < -0.39 is 0 Å². The third-order valence-electron chi connectivity index (χ3n) is 3.33. The molecule has 16 heavy (non-hydrogen) atoms. The van der Waals surface area contributed by atoms with Crippen LogP contribution in [0.15, 0.2) is 30.3 Å². The summed E-state index contributed by atoms with van der Waals surface area (Å²) in [5.41, 5.74) is 0.276.